The van der Waals surface area contributed by atoms with Crippen LogP contribution in [0.25, 0.3) is 11.1 Å². The highest BCUT2D eigenvalue weighted by atomic mass is 16.5. The van der Waals surface area contributed by atoms with Crippen LogP contribution in [0.1, 0.15) is 25.0 Å². The predicted molar refractivity (Wildman–Crippen MR) is 68.9 cm³/mol. The Hall–Kier alpha value is -2.16. The molecule has 0 aliphatic carbocycles. The molecule has 1 unspecified atom stereocenters. The van der Waals surface area contributed by atoms with E-state index in [1.54, 1.807) is 24.3 Å². The van der Waals surface area contributed by atoms with Crippen molar-refractivity contribution in [2.75, 3.05) is 0 Å². The molecule has 0 saturated heterocycles. The van der Waals surface area contributed by atoms with Gasteiger partial charge in [0.15, 0.2) is 0 Å². The fourth-order valence-corrected chi connectivity index (χ4v) is 2.41. The molecular formula is C15H14O3. The van der Waals surface area contributed by atoms with E-state index in [4.69, 9.17) is 4.74 Å². The van der Waals surface area contributed by atoms with Crippen LogP contribution in [-0.4, -0.2) is 10.2 Å². The maximum Gasteiger partial charge on any atom is 0.131 e. The minimum absolute atomic E-state index is 0.0820. The molecule has 1 heterocycles. The predicted octanol–water partition coefficient (Wildman–Crippen LogP) is 3.61. The molecule has 1 aliphatic heterocycles. The van der Waals surface area contributed by atoms with Crippen LogP contribution in [0.2, 0.25) is 0 Å². The maximum atomic E-state index is 9.60. The van der Waals surface area contributed by atoms with E-state index in [-0.39, 0.29) is 17.6 Å². The fraction of sp³-hybridized carbons (Fsp3) is 0.200. The molecule has 0 aromatic heterocycles. The van der Waals surface area contributed by atoms with Crippen molar-refractivity contribution in [1.29, 1.82) is 0 Å². The highest BCUT2D eigenvalue weighted by Gasteiger charge is 2.25. The fourth-order valence-electron chi connectivity index (χ4n) is 2.41. The third kappa shape index (κ3) is 1.59. The molecule has 0 bridgehead atoms. The molecule has 3 nitrogen and oxygen atoms in total. The van der Waals surface area contributed by atoms with Crippen LogP contribution in [0.5, 0.6) is 17.2 Å². The highest BCUT2D eigenvalue weighted by molar-refractivity contribution is 5.77. The molecule has 2 aromatic rings. The van der Waals surface area contributed by atoms with E-state index in [0.717, 1.165) is 23.1 Å². The van der Waals surface area contributed by atoms with E-state index in [9.17, 15) is 10.2 Å². The Balaban J connectivity index is 2.24. The van der Waals surface area contributed by atoms with Crippen LogP contribution in [0.4, 0.5) is 0 Å². The summed E-state index contributed by atoms with van der Waals surface area (Å²) in [5, 5.41) is 19.1. The van der Waals surface area contributed by atoms with Gasteiger partial charge in [-0.15, -0.1) is 0 Å². The van der Waals surface area contributed by atoms with Crippen molar-refractivity contribution in [3.8, 4) is 28.4 Å². The third-order valence-electron chi connectivity index (χ3n) is 3.28. The number of aromatic hydroxyl groups is 2. The Bertz CT molecular complexity index is 605. The van der Waals surface area contributed by atoms with Crippen LogP contribution < -0.4 is 4.74 Å². The molecule has 3 rings (SSSR count). The first kappa shape index (κ1) is 11.0. The average molecular weight is 242 g/mol. The summed E-state index contributed by atoms with van der Waals surface area (Å²) in [6.07, 6.45) is 0.729. The van der Waals surface area contributed by atoms with E-state index in [2.05, 4.69) is 0 Å². The zero-order valence-corrected chi connectivity index (χ0v) is 10.1. The van der Waals surface area contributed by atoms with Gasteiger partial charge < -0.3 is 14.9 Å². The van der Waals surface area contributed by atoms with Gasteiger partial charge in [0.05, 0.1) is 0 Å². The standard InChI is InChI=1S/C15H14O3/c1-2-14-13-7-9(16)3-5-11(13)12-6-4-10(17)8-15(12)18-14/h3-8,14,16-17H,2H2,1H3. The third-order valence-corrected chi connectivity index (χ3v) is 3.28. The van der Waals surface area contributed by atoms with Crippen LogP contribution in [0.3, 0.4) is 0 Å². The number of phenols is 2. The van der Waals surface area contributed by atoms with E-state index >= 15 is 0 Å². The van der Waals surface area contributed by atoms with Crippen molar-refractivity contribution in [2.24, 2.45) is 0 Å². The lowest BCUT2D eigenvalue weighted by atomic mass is 9.91. The first-order chi connectivity index (χ1) is 8.69. The summed E-state index contributed by atoms with van der Waals surface area (Å²) < 4.78 is 5.87. The number of fused-ring (bicyclic) bond motifs is 3. The van der Waals surface area contributed by atoms with Crippen molar-refractivity contribution in [3.63, 3.8) is 0 Å². The second-order valence-corrected chi connectivity index (χ2v) is 4.47. The number of rotatable bonds is 1. The SMILES string of the molecule is CCC1Oc2cc(O)ccc2-c2ccc(O)cc21. The summed E-state index contributed by atoms with van der Waals surface area (Å²) >= 11 is 0. The van der Waals surface area contributed by atoms with Crippen molar-refractivity contribution in [1.82, 2.24) is 0 Å². The minimum atomic E-state index is -0.0820. The highest BCUT2D eigenvalue weighted by Crippen LogP contribution is 2.45. The number of hydrogen-bond donors (Lipinski definition) is 2. The summed E-state index contributed by atoms with van der Waals surface area (Å²) in [5.74, 6) is 1.14. The molecule has 18 heavy (non-hydrogen) atoms. The molecule has 1 atom stereocenters. The molecule has 0 saturated carbocycles. The summed E-state index contributed by atoms with van der Waals surface area (Å²) in [7, 11) is 0. The Kier molecular flexibility index (Phi) is 2.40. The average Bonchev–Trinajstić information content (AvgIpc) is 2.37. The van der Waals surface area contributed by atoms with Gasteiger partial charge in [0.1, 0.15) is 23.4 Å². The Morgan fingerprint density at radius 2 is 1.67 bits per heavy atom. The lowest BCUT2D eigenvalue weighted by Crippen LogP contribution is -2.13. The second kappa shape index (κ2) is 3.95. The zero-order valence-electron chi connectivity index (χ0n) is 10.1. The van der Waals surface area contributed by atoms with E-state index < -0.39 is 0 Å². The monoisotopic (exact) mass is 242 g/mol. The largest absolute Gasteiger partial charge is 0.508 e. The van der Waals surface area contributed by atoms with Crippen LogP contribution >= 0.6 is 0 Å². The summed E-state index contributed by atoms with van der Waals surface area (Å²) in [6, 6.07) is 10.4. The molecule has 3 heteroatoms. The molecular weight excluding hydrogens is 228 g/mol. The van der Waals surface area contributed by atoms with Gasteiger partial charge in [0, 0.05) is 17.2 Å². The minimum Gasteiger partial charge on any atom is -0.508 e. The van der Waals surface area contributed by atoms with Crippen molar-refractivity contribution in [3.05, 3.63) is 42.0 Å². The number of benzene rings is 2. The first-order valence-corrected chi connectivity index (χ1v) is 6.02. The first-order valence-electron chi connectivity index (χ1n) is 6.02. The quantitative estimate of drug-likeness (QED) is 0.803. The lowest BCUT2D eigenvalue weighted by Gasteiger charge is -2.28. The molecule has 2 aromatic carbocycles. The van der Waals surface area contributed by atoms with Gasteiger partial charge >= 0.3 is 0 Å². The molecule has 92 valence electrons. The topological polar surface area (TPSA) is 49.7 Å². The molecule has 0 amide bonds. The van der Waals surface area contributed by atoms with Gasteiger partial charge in [-0.05, 0) is 36.2 Å². The van der Waals surface area contributed by atoms with E-state index in [1.165, 1.54) is 0 Å². The molecule has 0 fully saturated rings. The van der Waals surface area contributed by atoms with Crippen LogP contribution in [-0.2, 0) is 0 Å². The van der Waals surface area contributed by atoms with Crippen molar-refractivity contribution >= 4 is 0 Å². The van der Waals surface area contributed by atoms with Gasteiger partial charge in [-0.1, -0.05) is 13.0 Å². The van der Waals surface area contributed by atoms with Crippen LogP contribution in [0.15, 0.2) is 36.4 Å². The van der Waals surface area contributed by atoms with Crippen molar-refractivity contribution < 1.29 is 14.9 Å². The number of ether oxygens (including phenoxy) is 1. The van der Waals surface area contributed by atoms with Gasteiger partial charge in [-0.3, -0.25) is 0 Å². The normalized spacial score (nSPS) is 16.6. The van der Waals surface area contributed by atoms with Gasteiger partial charge in [-0.25, -0.2) is 0 Å². The smallest absolute Gasteiger partial charge is 0.131 e. The van der Waals surface area contributed by atoms with Crippen LogP contribution in [0, 0.1) is 0 Å². The second-order valence-electron chi connectivity index (χ2n) is 4.47. The molecule has 2 N–H and O–H groups in total. The Morgan fingerprint density at radius 3 is 2.39 bits per heavy atom. The summed E-state index contributed by atoms with van der Waals surface area (Å²) in [5.41, 5.74) is 3.00. The molecule has 0 radical (unpaired) electrons. The lowest BCUT2D eigenvalue weighted by molar-refractivity contribution is 0.197. The van der Waals surface area contributed by atoms with E-state index in [0.29, 0.717) is 5.75 Å². The Morgan fingerprint density at radius 1 is 1.00 bits per heavy atom. The zero-order chi connectivity index (χ0) is 12.7. The molecule has 1 aliphatic rings. The number of phenolic OH excluding ortho intramolecular Hbond substituents is 2. The summed E-state index contributed by atoms with van der Waals surface area (Å²) in [4.78, 5) is 0. The van der Waals surface area contributed by atoms with E-state index in [1.807, 2.05) is 19.1 Å². The molecule has 0 spiro atoms. The van der Waals surface area contributed by atoms with Gasteiger partial charge in [0.25, 0.3) is 0 Å². The van der Waals surface area contributed by atoms with Crippen molar-refractivity contribution in [2.45, 2.75) is 19.4 Å². The summed E-state index contributed by atoms with van der Waals surface area (Å²) in [6.45, 7) is 2.03. The maximum absolute atomic E-state index is 9.60. The number of hydrogen-bond acceptors (Lipinski definition) is 3. The Labute approximate surface area is 105 Å². The van der Waals surface area contributed by atoms with Gasteiger partial charge in [-0.2, -0.15) is 0 Å². The van der Waals surface area contributed by atoms with Gasteiger partial charge in [0.2, 0.25) is 0 Å².